The summed E-state index contributed by atoms with van der Waals surface area (Å²) in [6, 6.07) is 1.82. The molecule has 0 aliphatic rings. The van der Waals surface area contributed by atoms with E-state index in [1.54, 1.807) is 0 Å². The average molecular weight is 229 g/mol. The minimum atomic E-state index is -2.86. The van der Waals surface area contributed by atoms with E-state index in [1.165, 1.54) is 12.6 Å². The van der Waals surface area contributed by atoms with E-state index in [2.05, 4.69) is 15.3 Å². The smallest absolute Gasteiger partial charge is 0.147 e. The molecule has 0 amide bonds. The Kier molecular flexibility index (Phi) is 4.02. The van der Waals surface area contributed by atoms with Crippen molar-refractivity contribution in [2.24, 2.45) is 0 Å². The van der Waals surface area contributed by atoms with Crippen molar-refractivity contribution in [1.82, 2.24) is 9.97 Å². The Balaban J connectivity index is 2.32. The molecule has 0 aliphatic heterocycles. The summed E-state index contributed by atoms with van der Waals surface area (Å²) in [4.78, 5) is 7.96. The van der Waals surface area contributed by atoms with Crippen molar-refractivity contribution in [1.29, 1.82) is 0 Å². The van der Waals surface area contributed by atoms with Crippen molar-refractivity contribution in [2.75, 3.05) is 23.9 Å². The van der Waals surface area contributed by atoms with Crippen molar-refractivity contribution >= 4 is 15.7 Å². The summed E-state index contributed by atoms with van der Waals surface area (Å²) in [5.74, 6) is 0.931. The highest BCUT2D eigenvalue weighted by molar-refractivity contribution is 7.90. The summed E-state index contributed by atoms with van der Waals surface area (Å²) in [5.41, 5.74) is 0.885. The van der Waals surface area contributed by atoms with Crippen LogP contribution >= 0.6 is 0 Å². The van der Waals surface area contributed by atoms with Gasteiger partial charge < -0.3 is 5.32 Å². The van der Waals surface area contributed by atoms with Crippen LogP contribution in [0.15, 0.2) is 12.4 Å². The van der Waals surface area contributed by atoms with E-state index in [0.29, 0.717) is 13.0 Å². The zero-order valence-electron chi connectivity index (χ0n) is 8.90. The fourth-order valence-electron chi connectivity index (χ4n) is 1.10. The van der Waals surface area contributed by atoms with Crippen LogP contribution in [-0.4, -0.2) is 36.9 Å². The predicted octanol–water partition coefficient (Wildman–Crippen LogP) is 0.632. The van der Waals surface area contributed by atoms with Gasteiger partial charge >= 0.3 is 0 Å². The van der Waals surface area contributed by atoms with Crippen LogP contribution in [-0.2, 0) is 9.84 Å². The summed E-state index contributed by atoms with van der Waals surface area (Å²) in [5, 5.41) is 3.04. The second-order valence-corrected chi connectivity index (χ2v) is 5.71. The fraction of sp³-hybridized carbons (Fsp3) is 0.556. The minimum Gasteiger partial charge on any atom is -0.370 e. The molecule has 15 heavy (non-hydrogen) atoms. The van der Waals surface area contributed by atoms with Gasteiger partial charge in [0.1, 0.15) is 22.0 Å². The number of rotatable bonds is 5. The molecule has 5 nitrogen and oxygen atoms in total. The molecule has 1 N–H and O–H groups in total. The van der Waals surface area contributed by atoms with Gasteiger partial charge in [-0.05, 0) is 13.3 Å². The van der Waals surface area contributed by atoms with E-state index < -0.39 is 9.84 Å². The Labute approximate surface area is 89.9 Å². The topological polar surface area (TPSA) is 72.0 Å². The molecule has 0 saturated heterocycles. The minimum absolute atomic E-state index is 0.198. The third-order valence-electron chi connectivity index (χ3n) is 1.80. The quantitative estimate of drug-likeness (QED) is 0.750. The molecule has 0 atom stereocenters. The SMILES string of the molecule is Cc1cc(NCCCS(C)(=O)=O)ncn1. The number of nitrogens with zero attached hydrogens (tertiary/aromatic N) is 2. The highest BCUT2D eigenvalue weighted by atomic mass is 32.2. The van der Waals surface area contributed by atoms with E-state index in [1.807, 2.05) is 13.0 Å². The molecular formula is C9H15N3O2S. The van der Waals surface area contributed by atoms with Crippen molar-refractivity contribution in [3.05, 3.63) is 18.1 Å². The van der Waals surface area contributed by atoms with Gasteiger partial charge in [-0.1, -0.05) is 0 Å². The summed E-state index contributed by atoms with van der Waals surface area (Å²) in [6.45, 7) is 2.48. The van der Waals surface area contributed by atoms with Gasteiger partial charge in [-0.3, -0.25) is 0 Å². The second kappa shape index (κ2) is 5.06. The van der Waals surface area contributed by atoms with Gasteiger partial charge in [0.2, 0.25) is 0 Å². The van der Waals surface area contributed by atoms with Crippen LogP contribution in [0.5, 0.6) is 0 Å². The largest absolute Gasteiger partial charge is 0.370 e. The molecule has 0 aliphatic carbocycles. The first-order valence-electron chi connectivity index (χ1n) is 4.67. The lowest BCUT2D eigenvalue weighted by Gasteiger charge is -2.04. The average Bonchev–Trinajstić information content (AvgIpc) is 2.11. The van der Waals surface area contributed by atoms with Crippen molar-refractivity contribution in [2.45, 2.75) is 13.3 Å². The Morgan fingerprint density at radius 1 is 1.40 bits per heavy atom. The lowest BCUT2D eigenvalue weighted by molar-refractivity contribution is 0.600. The molecule has 0 aromatic carbocycles. The molecule has 0 unspecified atom stereocenters. The van der Waals surface area contributed by atoms with Gasteiger partial charge in [-0.15, -0.1) is 0 Å². The third kappa shape index (κ3) is 5.31. The van der Waals surface area contributed by atoms with Gasteiger partial charge in [0.25, 0.3) is 0 Å². The van der Waals surface area contributed by atoms with E-state index in [4.69, 9.17) is 0 Å². The zero-order chi connectivity index (χ0) is 11.3. The Hall–Kier alpha value is -1.17. The highest BCUT2D eigenvalue weighted by Gasteiger charge is 2.01. The Bertz CT molecular complexity index is 417. The molecule has 0 spiro atoms. The summed E-state index contributed by atoms with van der Waals surface area (Å²) in [6.07, 6.45) is 3.30. The maximum absolute atomic E-state index is 10.8. The predicted molar refractivity (Wildman–Crippen MR) is 59.6 cm³/mol. The van der Waals surface area contributed by atoms with E-state index in [0.717, 1.165) is 11.5 Å². The van der Waals surface area contributed by atoms with Crippen LogP contribution in [0.2, 0.25) is 0 Å². The molecule has 1 aromatic heterocycles. The number of aromatic nitrogens is 2. The summed E-state index contributed by atoms with van der Waals surface area (Å²) >= 11 is 0. The zero-order valence-corrected chi connectivity index (χ0v) is 9.71. The number of aryl methyl sites for hydroxylation is 1. The Morgan fingerprint density at radius 2 is 2.13 bits per heavy atom. The normalized spacial score (nSPS) is 11.3. The molecule has 0 fully saturated rings. The number of anilines is 1. The molecule has 1 rings (SSSR count). The molecule has 84 valence electrons. The molecule has 6 heteroatoms. The van der Waals surface area contributed by atoms with Gasteiger partial charge in [0, 0.05) is 24.6 Å². The van der Waals surface area contributed by atoms with Crippen LogP contribution in [0, 0.1) is 6.92 Å². The summed E-state index contributed by atoms with van der Waals surface area (Å²) in [7, 11) is -2.86. The van der Waals surface area contributed by atoms with Crippen molar-refractivity contribution in [3.8, 4) is 0 Å². The number of sulfone groups is 1. The van der Waals surface area contributed by atoms with Crippen LogP contribution < -0.4 is 5.32 Å². The lowest BCUT2D eigenvalue weighted by Crippen LogP contribution is -2.10. The molecular weight excluding hydrogens is 214 g/mol. The second-order valence-electron chi connectivity index (χ2n) is 3.45. The first-order valence-corrected chi connectivity index (χ1v) is 6.74. The lowest BCUT2D eigenvalue weighted by atomic mass is 10.4. The maximum Gasteiger partial charge on any atom is 0.147 e. The molecule has 1 aromatic rings. The number of hydrogen-bond donors (Lipinski definition) is 1. The highest BCUT2D eigenvalue weighted by Crippen LogP contribution is 2.02. The van der Waals surface area contributed by atoms with Gasteiger partial charge in [0.15, 0.2) is 0 Å². The maximum atomic E-state index is 10.8. The van der Waals surface area contributed by atoms with Crippen molar-refractivity contribution in [3.63, 3.8) is 0 Å². The molecule has 1 heterocycles. The first kappa shape index (κ1) is 11.9. The Morgan fingerprint density at radius 3 is 2.73 bits per heavy atom. The monoisotopic (exact) mass is 229 g/mol. The van der Waals surface area contributed by atoms with Crippen LogP contribution in [0.4, 0.5) is 5.82 Å². The van der Waals surface area contributed by atoms with Crippen molar-refractivity contribution < 1.29 is 8.42 Å². The summed E-state index contributed by atoms with van der Waals surface area (Å²) < 4.78 is 21.7. The molecule has 0 saturated carbocycles. The van der Waals surface area contributed by atoms with Gasteiger partial charge in [0.05, 0.1) is 5.75 Å². The van der Waals surface area contributed by atoms with Crippen LogP contribution in [0.1, 0.15) is 12.1 Å². The first-order chi connectivity index (χ1) is 6.97. The van der Waals surface area contributed by atoms with E-state index in [-0.39, 0.29) is 5.75 Å². The molecule has 0 radical (unpaired) electrons. The molecule has 0 bridgehead atoms. The number of hydrogen-bond acceptors (Lipinski definition) is 5. The van der Waals surface area contributed by atoms with Crippen LogP contribution in [0.3, 0.4) is 0 Å². The number of nitrogens with one attached hydrogen (secondary N) is 1. The van der Waals surface area contributed by atoms with Gasteiger partial charge in [-0.25, -0.2) is 18.4 Å². The third-order valence-corrected chi connectivity index (χ3v) is 2.83. The fourth-order valence-corrected chi connectivity index (χ4v) is 1.77. The van der Waals surface area contributed by atoms with E-state index in [9.17, 15) is 8.42 Å². The van der Waals surface area contributed by atoms with Crippen LogP contribution in [0.25, 0.3) is 0 Å². The van der Waals surface area contributed by atoms with Gasteiger partial charge in [-0.2, -0.15) is 0 Å². The standard InChI is InChI=1S/C9H15N3O2S/c1-8-6-9(12-7-11-8)10-4-3-5-15(2,13)14/h6-7H,3-5H2,1-2H3,(H,10,11,12). The van der Waals surface area contributed by atoms with E-state index >= 15 is 0 Å².